The van der Waals surface area contributed by atoms with Crippen LogP contribution in [0.3, 0.4) is 0 Å². The molecule has 0 atom stereocenters. The minimum absolute atomic E-state index is 0.0844. The molecule has 0 unspecified atom stereocenters. The lowest BCUT2D eigenvalue weighted by atomic mass is 10.1. The van der Waals surface area contributed by atoms with Crippen LogP contribution < -0.4 is 10.2 Å². The lowest BCUT2D eigenvalue weighted by molar-refractivity contribution is 0.0739. The molecule has 1 fully saturated rings. The Morgan fingerprint density at radius 3 is 2.55 bits per heavy atom. The zero-order valence-corrected chi connectivity index (χ0v) is 16.8. The highest BCUT2D eigenvalue weighted by atomic mass is 16.2. The number of fused-ring (bicyclic) bond motifs is 1. The summed E-state index contributed by atoms with van der Waals surface area (Å²) in [5, 5.41) is 2.89. The number of nitrogens with one attached hydrogen (secondary N) is 1. The molecule has 0 aromatic carbocycles. The van der Waals surface area contributed by atoms with Crippen molar-refractivity contribution >= 4 is 17.8 Å². The van der Waals surface area contributed by atoms with Gasteiger partial charge in [0.25, 0.3) is 11.8 Å². The average molecular weight is 397 g/mol. The van der Waals surface area contributed by atoms with Crippen LogP contribution in [0.25, 0.3) is 0 Å². The van der Waals surface area contributed by atoms with Gasteiger partial charge >= 0.3 is 0 Å². The van der Waals surface area contributed by atoms with E-state index in [0.29, 0.717) is 50.2 Å². The summed E-state index contributed by atoms with van der Waals surface area (Å²) in [6, 6.07) is 1.79. The summed E-state index contributed by atoms with van der Waals surface area (Å²) in [6.07, 6.45) is 7.11. The molecule has 0 bridgehead atoms. The third kappa shape index (κ3) is 3.94. The van der Waals surface area contributed by atoms with E-state index >= 15 is 0 Å². The topological polar surface area (TPSA) is 96.2 Å². The Morgan fingerprint density at radius 1 is 1.07 bits per heavy atom. The van der Waals surface area contributed by atoms with Crippen molar-refractivity contribution in [2.24, 2.45) is 0 Å². The number of amides is 2. The second-order valence-corrected chi connectivity index (χ2v) is 7.42. The Kier molecular flexibility index (Phi) is 5.73. The molecule has 1 N–H and O–H groups in total. The van der Waals surface area contributed by atoms with Crippen LogP contribution in [0.2, 0.25) is 0 Å². The zero-order valence-electron chi connectivity index (χ0n) is 16.8. The number of rotatable bonds is 5. The molecule has 2 aromatic heterocycles. The fourth-order valence-electron chi connectivity index (χ4n) is 3.92. The van der Waals surface area contributed by atoms with E-state index in [9.17, 15) is 9.59 Å². The molecular weight excluding hydrogens is 370 g/mol. The van der Waals surface area contributed by atoms with Crippen molar-refractivity contribution in [3.8, 4) is 0 Å². The Labute approximate surface area is 170 Å². The van der Waals surface area contributed by atoms with Gasteiger partial charge in [0.15, 0.2) is 5.82 Å². The Bertz CT molecular complexity index is 872. The van der Waals surface area contributed by atoms with E-state index in [1.54, 1.807) is 18.5 Å². The molecule has 0 aliphatic carbocycles. The van der Waals surface area contributed by atoms with Crippen molar-refractivity contribution in [3.63, 3.8) is 0 Å². The lowest BCUT2D eigenvalue weighted by Gasteiger charge is -2.34. The highest BCUT2D eigenvalue weighted by molar-refractivity contribution is 5.97. The SMILES string of the molecule is CCCNC(=O)c1nc(C(=O)N2CCN(c3ncccn3)CC2)c2n1CCCC2. The molecular formula is C20H27N7O2. The van der Waals surface area contributed by atoms with E-state index in [-0.39, 0.29) is 11.8 Å². The van der Waals surface area contributed by atoms with Crippen LogP contribution in [0.1, 0.15) is 53.0 Å². The van der Waals surface area contributed by atoms with Crippen molar-refractivity contribution in [1.82, 2.24) is 29.7 Å². The maximum Gasteiger partial charge on any atom is 0.287 e. The van der Waals surface area contributed by atoms with E-state index in [1.807, 2.05) is 16.4 Å². The number of hydrogen-bond acceptors (Lipinski definition) is 6. The molecule has 0 spiro atoms. The number of aromatic nitrogens is 4. The van der Waals surface area contributed by atoms with E-state index in [4.69, 9.17) is 0 Å². The molecule has 29 heavy (non-hydrogen) atoms. The highest BCUT2D eigenvalue weighted by Crippen LogP contribution is 2.23. The van der Waals surface area contributed by atoms with Crippen LogP contribution in [0.15, 0.2) is 18.5 Å². The number of nitrogens with zero attached hydrogens (tertiary/aromatic N) is 6. The summed E-state index contributed by atoms with van der Waals surface area (Å²) in [4.78, 5) is 42.8. The van der Waals surface area contributed by atoms with Crippen LogP contribution in [0.5, 0.6) is 0 Å². The van der Waals surface area contributed by atoms with Gasteiger partial charge in [-0.3, -0.25) is 9.59 Å². The zero-order chi connectivity index (χ0) is 20.2. The maximum absolute atomic E-state index is 13.2. The van der Waals surface area contributed by atoms with Crippen LogP contribution in [0.4, 0.5) is 5.95 Å². The van der Waals surface area contributed by atoms with Gasteiger partial charge < -0.3 is 19.7 Å². The quantitative estimate of drug-likeness (QED) is 0.812. The molecule has 4 rings (SSSR count). The van der Waals surface area contributed by atoms with E-state index in [0.717, 1.165) is 37.9 Å². The van der Waals surface area contributed by atoms with Crippen molar-refractivity contribution < 1.29 is 9.59 Å². The summed E-state index contributed by atoms with van der Waals surface area (Å²) >= 11 is 0. The van der Waals surface area contributed by atoms with Crippen molar-refractivity contribution in [3.05, 3.63) is 35.7 Å². The fraction of sp³-hybridized carbons (Fsp3) is 0.550. The van der Waals surface area contributed by atoms with Crippen molar-refractivity contribution in [2.75, 3.05) is 37.6 Å². The molecule has 154 valence electrons. The van der Waals surface area contributed by atoms with Gasteiger partial charge in [0.1, 0.15) is 5.69 Å². The van der Waals surface area contributed by atoms with Crippen molar-refractivity contribution in [2.45, 2.75) is 39.2 Å². The molecule has 1 saturated heterocycles. The smallest absolute Gasteiger partial charge is 0.287 e. The number of piperazine rings is 1. The maximum atomic E-state index is 13.2. The number of anilines is 1. The molecule has 0 radical (unpaired) electrons. The Morgan fingerprint density at radius 2 is 1.83 bits per heavy atom. The first-order valence-corrected chi connectivity index (χ1v) is 10.4. The number of carbonyl (C=O) groups excluding carboxylic acids is 2. The standard InChI is InChI=1S/C20H27N7O2/c1-2-7-21-18(28)17-24-16(15-6-3-4-10-27(15)17)19(29)25-11-13-26(14-12-25)20-22-8-5-9-23-20/h5,8-9H,2-4,6-7,10-14H2,1H3,(H,21,28). The van der Waals surface area contributed by atoms with E-state index in [2.05, 4.69) is 25.2 Å². The predicted octanol–water partition coefficient (Wildman–Crippen LogP) is 1.11. The third-order valence-corrected chi connectivity index (χ3v) is 5.46. The van der Waals surface area contributed by atoms with Gasteiger partial charge in [0, 0.05) is 51.7 Å². The van der Waals surface area contributed by atoms with Gasteiger partial charge in [-0.15, -0.1) is 0 Å². The van der Waals surface area contributed by atoms with Gasteiger partial charge in [-0.2, -0.15) is 0 Å². The van der Waals surface area contributed by atoms with Gasteiger partial charge in [0.05, 0.1) is 5.69 Å². The van der Waals surface area contributed by atoms with Gasteiger partial charge in [-0.05, 0) is 31.7 Å². The lowest BCUT2D eigenvalue weighted by Crippen LogP contribution is -2.49. The average Bonchev–Trinajstić information content (AvgIpc) is 3.17. The molecule has 2 aliphatic rings. The molecule has 0 saturated carbocycles. The van der Waals surface area contributed by atoms with Crippen molar-refractivity contribution in [1.29, 1.82) is 0 Å². The molecule has 9 heteroatoms. The minimum atomic E-state index is -0.194. The summed E-state index contributed by atoms with van der Waals surface area (Å²) in [5.74, 6) is 0.778. The Hall–Kier alpha value is -2.97. The number of hydrogen-bond donors (Lipinski definition) is 1. The van der Waals surface area contributed by atoms with Gasteiger partial charge in [-0.1, -0.05) is 6.92 Å². The summed E-state index contributed by atoms with van der Waals surface area (Å²) in [7, 11) is 0. The first-order chi connectivity index (χ1) is 14.2. The molecule has 2 amide bonds. The van der Waals surface area contributed by atoms with Crippen LogP contribution >= 0.6 is 0 Å². The Balaban J connectivity index is 1.50. The first kappa shape index (κ1) is 19.4. The predicted molar refractivity (Wildman–Crippen MR) is 108 cm³/mol. The molecule has 2 aromatic rings. The number of imidazole rings is 1. The number of carbonyl (C=O) groups is 2. The summed E-state index contributed by atoms with van der Waals surface area (Å²) in [6.45, 7) is 5.88. The monoisotopic (exact) mass is 397 g/mol. The molecule has 4 heterocycles. The fourth-order valence-corrected chi connectivity index (χ4v) is 3.92. The minimum Gasteiger partial charge on any atom is -0.349 e. The van der Waals surface area contributed by atoms with Gasteiger partial charge in [0.2, 0.25) is 5.95 Å². The van der Waals surface area contributed by atoms with Crippen LogP contribution in [-0.4, -0.2) is 69.0 Å². The summed E-state index contributed by atoms with van der Waals surface area (Å²) in [5.41, 5.74) is 1.34. The van der Waals surface area contributed by atoms with Crippen LogP contribution in [0, 0.1) is 0 Å². The molecule has 2 aliphatic heterocycles. The summed E-state index contributed by atoms with van der Waals surface area (Å²) < 4.78 is 1.94. The van der Waals surface area contributed by atoms with Crippen LogP contribution in [-0.2, 0) is 13.0 Å². The molecule has 9 nitrogen and oxygen atoms in total. The normalized spacial score (nSPS) is 16.4. The largest absolute Gasteiger partial charge is 0.349 e. The van der Waals surface area contributed by atoms with E-state index in [1.165, 1.54) is 0 Å². The second kappa shape index (κ2) is 8.59. The second-order valence-electron chi connectivity index (χ2n) is 7.42. The van der Waals surface area contributed by atoms with Gasteiger partial charge in [-0.25, -0.2) is 15.0 Å². The third-order valence-electron chi connectivity index (χ3n) is 5.46. The van der Waals surface area contributed by atoms with E-state index < -0.39 is 0 Å². The first-order valence-electron chi connectivity index (χ1n) is 10.4. The highest BCUT2D eigenvalue weighted by Gasteiger charge is 2.31.